The number of nitrogens with one attached hydrogen (secondary N) is 1. The summed E-state index contributed by atoms with van der Waals surface area (Å²) in [6.45, 7) is 3.10. The molecule has 1 heterocycles. The summed E-state index contributed by atoms with van der Waals surface area (Å²) in [5, 5.41) is 3.10. The molecule has 32 heavy (non-hydrogen) atoms. The fourth-order valence-corrected chi connectivity index (χ4v) is 5.56. The van der Waals surface area contributed by atoms with Gasteiger partial charge in [0.2, 0.25) is 0 Å². The van der Waals surface area contributed by atoms with Crippen LogP contribution in [0.25, 0.3) is 11.1 Å². The van der Waals surface area contributed by atoms with Crippen LogP contribution in [0.15, 0.2) is 78.9 Å². The first-order valence-corrected chi connectivity index (χ1v) is 12.0. The van der Waals surface area contributed by atoms with Gasteiger partial charge >= 0.3 is 0 Å². The molecule has 3 aromatic rings. The number of unbranched alkanes of at least 4 members (excludes halogenated alkanes) is 1. The fraction of sp³-hybridized carbons (Fsp3) is 0.345. The van der Waals surface area contributed by atoms with Crippen molar-refractivity contribution in [1.82, 2.24) is 10.2 Å². The summed E-state index contributed by atoms with van der Waals surface area (Å²) in [5.74, 6) is 0.744. The molecule has 0 saturated carbocycles. The van der Waals surface area contributed by atoms with Gasteiger partial charge in [0.25, 0.3) is 5.91 Å². The Bertz CT molecular complexity index is 1040. The number of hydrogen-bond acceptors (Lipinski definition) is 2. The van der Waals surface area contributed by atoms with Crippen LogP contribution in [-0.2, 0) is 6.42 Å². The van der Waals surface area contributed by atoms with Crippen LogP contribution >= 0.6 is 0 Å². The lowest BCUT2D eigenvalue weighted by atomic mass is 9.79. The van der Waals surface area contributed by atoms with Gasteiger partial charge in [0.15, 0.2) is 0 Å². The normalized spacial score (nSPS) is 19.9. The molecule has 3 aromatic carbocycles. The monoisotopic (exact) mass is 424 g/mol. The Labute approximate surface area is 191 Å². The van der Waals surface area contributed by atoms with Crippen molar-refractivity contribution in [2.75, 3.05) is 19.6 Å². The maximum absolute atomic E-state index is 12.5. The summed E-state index contributed by atoms with van der Waals surface area (Å²) in [5.41, 5.74) is 6.20. The van der Waals surface area contributed by atoms with Crippen molar-refractivity contribution in [2.24, 2.45) is 0 Å². The van der Waals surface area contributed by atoms with Crippen LogP contribution in [0.3, 0.4) is 0 Å². The highest BCUT2D eigenvalue weighted by atomic mass is 16.1. The van der Waals surface area contributed by atoms with Crippen molar-refractivity contribution in [3.8, 4) is 11.1 Å². The largest absolute Gasteiger partial charge is 0.352 e. The minimum atomic E-state index is 0.0229. The van der Waals surface area contributed by atoms with E-state index in [1.165, 1.54) is 31.4 Å². The molecule has 0 bridgehead atoms. The Morgan fingerprint density at radius 1 is 0.844 bits per heavy atom. The van der Waals surface area contributed by atoms with Crippen molar-refractivity contribution in [2.45, 2.75) is 44.1 Å². The number of benzene rings is 3. The maximum Gasteiger partial charge on any atom is 0.251 e. The highest BCUT2D eigenvalue weighted by molar-refractivity contribution is 5.94. The molecule has 1 N–H and O–H groups in total. The van der Waals surface area contributed by atoms with E-state index in [4.69, 9.17) is 0 Å². The van der Waals surface area contributed by atoms with Gasteiger partial charge in [0.05, 0.1) is 0 Å². The number of nitrogens with zero attached hydrogens (tertiary/aromatic N) is 1. The van der Waals surface area contributed by atoms with Gasteiger partial charge in [-0.15, -0.1) is 0 Å². The molecule has 3 nitrogen and oxygen atoms in total. The van der Waals surface area contributed by atoms with Crippen molar-refractivity contribution >= 4 is 5.91 Å². The van der Waals surface area contributed by atoms with Gasteiger partial charge in [-0.3, -0.25) is 9.69 Å². The SMILES string of the molecule is O=C(NCCCCN1CC[C@@H]2c3ccccc3CC[C@@H]21)c1ccc(-c2ccccc2)cc1. The predicted octanol–water partition coefficient (Wildman–Crippen LogP) is 5.67. The summed E-state index contributed by atoms with van der Waals surface area (Å²) in [6.07, 6.45) is 5.96. The molecule has 2 aliphatic rings. The molecular weight excluding hydrogens is 392 g/mol. The zero-order valence-electron chi connectivity index (χ0n) is 18.7. The number of fused-ring (bicyclic) bond motifs is 3. The van der Waals surface area contributed by atoms with E-state index >= 15 is 0 Å². The van der Waals surface area contributed by atoms with Crippen LogP contribution in [0.1, 0.15) is 53.1 Å². The average Bonchev–Trinajstić information content (AvgIpc) is 3.28. The molecule has 0 unspecified atom stereocenters. The molecule has 0 radical (unpaired) electrons. The number of rotatable bonds is 7. The molecule has 2 atom stereocenters. The van der Waals surface area contributed by atoms with Gasteiger partial charge in [-0.2, -0.15) is 0 Å². The van der Waals surface area contributed by atoms with E-state index in [0.717, 1.165) is 43.0 Å². The number of carbonyl (C=O) groups excluding carboxylic acids is 1. The highest BCUT2D eigenvalue weighted by Crippen LogP contribution is 2.41. The molecule has 164 valence electrons. The molecule has 0 aromatic heterocycles. The Morgan fingerprint density at radius 3 is 2.44 bits per heavy atom. The van der Waals surface area contributed by atoms with E-state index in [1.54, 1.807) is 11.1 Å². The number of likely N-dealkylation sites (tertiary alicyclic amines) is 1. The molecule has 1 aliphatic carbocycles. The minimum Gasteiger partial charge on any atom is -0.352 e. The van der Waals surface area contributed by atoms with E-state index in [1.807, 2.05) is 42.5 Å². The second-order valence-corrected chi connectivity index (χ2v) is 9.14. The third-order valence-corrected chi connectivity index (χ3v) is 7.24. The Balaban J connectivity index is 1.06. The van der Waals surface area contributed by atoms with E-state index < -0.39 is 0 Å². The smallest absolute Gasteiger partial charge is 0.251 e. The number of hydrogen-bond donors (Lipinski definition) is 1. The molecule has 3 heteroatoms. The van der Waals surface area contributed by atoms with E-state index in [9.17, 15) is 4.79 Å². The van der Waals surface area contributed by atoms with Crippen molar-refractivity contribution < 1.29 is 4.79 Å². The van der Waals surface area contributed by atoms with Gasteiger partial charge < -0.3 is 5.32 Å². The topological polar surface area (TPSA) is 32.3 Å². The number of amides is 1. The van der Waals surface area contributed by atoms with Crippen molar-refractivity contribution in [3.05, 3.63) is 95.6 Å². The van der Waals surface area contributed by atoms with E-state index in [2.05, 4.69) is 46.6 Å². The lowest BCUT2D eigenvalue weighted by molar-refractivity contribution is 0.0952. The zero-order chi connectivity index (χ0) is 21.8. The molecule has 5 rings (SSSR count). The van der Waals surface area contributed by atoms with Crippen LogP contribution in [0.4, 0.5) is 0 Å². The van der Waals surface area contributed by atoms with Crippen LogP contribution in [0.5, 0.6) is 0 Å². The number of carbonyl (C=O) groups is 1. The second-order valence-electron chi connectivity index (χ2n) is 9.14. The first kappa shape index (κ1) is 21.0. The van der Waals surface area contributed by atoms with Gasteiger partial charge in [-0.25, -0.2) is 0 Å². The van der Waals surface area contributed by atoms with Crippen LogP contribution in [-0.4, -0.2) is 36.5 Å². The quantitative estimate of drug-likeness (QED) is 0.496. The summed E-state index contributed by atoms with van der Waals surface area (Å²) in [4.78, 5) is 15.2. The summed E-state index contributed by atoms with van der Waals surface area (Å²) < 4.78 is 0. The van der Waals surface area contributed by atoms with Gasteiger partial charge in [-0.05, 0) is 79.6 Å². The fourth-order valence-electron chi connectivity index (χ4n) is 5.56. The van der Waals surface area contributed by atoms with Crippen molar-refractivity contribution in [3.63, 3.8) is 0 Å². The molecule has 1 fully saturated rings. The third kappa shape index (κ3) is 4.49. The summed E-state index contributed by atoms with van der Waals surface area (Å²) in [7, 11) is 0. The van der Waals surface area contributed by atoms with Gasteiger partial charge in [-0.1, -0.05) is 66.7 Å². The predicted molar refractivity (Wildman–Crippen MR) is 131 cm³/mol. The molecule has 1 amide bonds. The molecule has 1 aliphatic heterocycles. The van der Waals surface area contributed by atoms with Gasteiger partial charge in [0.1, 0.15) is 0 Å². The second kappa shape index (κ2) is 9.70. The zero-order valence-corrected chi connectivity index (χ0v) is 18.7. The standard InChI is InChI=1S/C29H32N2O/c32-29(25-14-12-23(13-15-25)22-8-2-1-3-9-22)30-19-6-7-20-31-21-18-27-26-11-5-4-10-24(26)16-17-28(27)31/h1-5,8-15,27-28H,6-7,16-21H2,(H,30,32)/t27-,28+/m1/s1. The van der Waals surface area contributed by atoms with E-state index in [-0.39, 0.29) is 5.91 Å². The van der Waals surface area contributed by atoms with Crippen LogP contribution in [0.2, 0.25) is 0 Å². The van der Waals surface area contributed by atoms with Crippen LogP contribution < -0.4 is 5.32 Å². The summed E-state index contributed by atoms with van der Waals surface area (Å²) in [6, 6.07) is 27.9. The first-order valence-electron chi connectivity index (χ1n) is 12.0. The lowest BCUT2D eigenvalue weighted by Crippen LogP contribution is -2.36. The molecule has 1 saturated heterocycles. The minimum absolute atomic E-state index is 0.0229. The Kier molecular flexibility index (Phi) is 6.36. The third-order valence-electron chi connectivity index (χ3n) is 7.24. The Hall–Kier alpha value is -2.91. The lowest BCUT2D eigenvalue weighted by Gasteiger charge is -2.33. The van der Waals surface area contributed by atoms with Gasteiger partial charge in [0, 0.05) is 24.1 Å². The Morgan fingerprint density at radius 2 is 1.59 bits per heavy atom. The molecule has 0 spiro atoms. The first-order chi connectivity index (χ1) is 15.8. The highest BCUT2D eigenvalue weighted by Gasteiger charge is 2.37. The summed E-state index contributed by atoms with van der Waals surface area (Å²) >= 11 is 0. The average molecular weight is 425 g/mol. The maximum atomic E-state index is 12.5. The van der Waals surface area contributed by atoms with Crippen molar-refractivity contribution in [1.29, 1.82) is 0 Å². The van der Waals surface area contributed by atoms with Crippen LogP contribution in [0, 0.1) is 0 Å². The number of aryl methyl sites for hydroxylation is 1. The molecular formula is C29H32N2O. The van der Waals surface area contributed by atoms with E-state index in [0.29, 0.717) is 6.04 Å².